The largest absolute Gasteiger partial charge is 0.330 e. The van der Waals surface area contributed by atoms with Crippen LogP contribution in [0.4, 0.5) is 4.39 Å². The first-order valence-electron chi connectivity index (χ1n) is 6.53. The fourth-order valence-electron chi connectivity index (χ4n) is 2.12. The Labute approximate surface area is 108 Å². The number of halogens is 1. The Bertz CT molecular complexity index is 373. The van der Waals surface area contributed by atoms with Crippen molar-refractivity contribution in [3.8, 4) is 0 Å². The van der Waals surface area contributed by atoms with E-state index in [2.05, 4.69) is 13.8 Å². The summed E-state index contributed by atoms with van der Waals surface area (Å²) in [5.41, 5.74) is 6.16. The molecule has 2 nitrogen and oxygen atoms in total. The van der Waals surface area contributed by atoms with Gasteiger partial charge in [-0.05, 0) is 55.5 Å². The third kappa shape index (κ3) is 4.57. The summed E-state index contributed by atoms with van der Waals surface area (Å²) < 4.78 is 12.7. The number of carbonyl (C=O) groups is 1. The Morgan fingerprint density at radius 1 is 1.22 bits per heavy atom. The molecule has 1 aromatic rings. The molecule has 0 fully saturated rings. The molecule has 2 N–H and O–H groups in total. The molecule has 1 unspecified atom stereocenters. The minimum atomic E-state index is -0.310. The van der Waals surface area contributed by atoms with Gasteiger partial charge in [0.15, 0.2) is 5.78 Å². The van der Waals surface area contributed by atoms with Gasteiger partial charge < -0.3 is 5.73 Å². The van der Waals surface area contributed by atoms with Gasteiger partial charge in [0.1, 0.15) is 5.82 Å². The summed E-state index contributed by atoms with van der Waals surface area (Å²) in [4.78, 5) is 11.9. The van der Waals surface area contributed by atoms with Crippen LogP contribution in [0.2, 0.25) is 0 Å². The summed E-state index contributed by atoms with van der Waals surface area (Å²) in [5.74, 6) is 0.793. The number of Topliss-reactive ketones (excluding diaryl/α,β-unsaturated/α-hetero) is 1. The van der Waals surface area contributed by atoms with Crippen molar-refractivity contribution in [2.45, 2.75) is 33.1 Å². The molecule has 0 saturated heterocycles. The highest BCUT2D eigenvalue weighted by atomic mass is 19.1. The van der Waals surface area contributed by atoms with Crippen LogP contribution >= 0.6 is 0 Å². The third-order valence-electron chi connectivity index (χ3n) is 3.39. The number of hydrogen-bond donors (Lipinski definition) is 1. The lowest BCUT2D eigenvalue weighted by molar-refractivity contribution is 0.0969. The highest BCUT2D eigenvalue weighted by Crippen LogP contribution is 2.21. The summed E-state index contributed by atoms with van der Waals surface area (Å²) in [6.07, 6.45) is 2.31. The van der Waals surface area contributed by atoms with E-state index in [0.29, 0.717) is 30.4 Å². The average Bonchev–Trinajstić information content (AvgIpc) is 2.34. The Balaban J connectivity index is 2.51. The van der Waals surface area contributed by atoms with Gasteiger partial charge in [0.2, 0.25) is 0 Å². The first-order valence-corrected chi connectivity index (χ1v) is 6.53. The molecule has 0 aliphatic heterocycles. The van der Waals surface area contributed by atoms with Crippen molar-refractivity contribution >= 4 is 5.78 Å². The van der Waals surface area contributed by atoms with Crippen LogP contribution in [-0.4, -0.2) is 12.3 Å². The predicted octanol–water partition coefficient (Wildman–Crippen LogP) is 3.41. The molecule has 0 aliphatic carbocycles. The molecular weight excluding hydrogens is 229 g/mol. The fourth-order valence-corrected chi connectivity index (χ4v) is 2.12. The average molecular weight is 251 g/mol. The van der Waals surface area contributed by atoms with Crippen molar-refractivity contribution in [2.75, 3.05) is 6.54 Å². The second-order valence-corrected chi connectivity index (χ2v) is 5.05. The number of ketones is 1. The lowest BCUT2D eigenvalue weighted by Crippen LogP contribution is -2.15. The molecule has 1 aromatic carbocycles. The highest BCUT2D eigenvalue weighted by molar-refractivity contribution is 5.95. The number of carbonyl (C=O) groups excluding carboxylic acids is 1. The smallest absolute Gasteiger partial charge is 0.162 e. The molecule has 0 saturated carbocycles. The quantitative estimate of drug-likeness (QED) is 0.755. The molecule has 18 heavy (non-hydrogen) atoms. The Kier molecular flexibility index (Phi) is 5.99. The number of hydrogen-bond acceptors (Lipinski definition) is 2. The van der Waals surface area contributed by atoms with Crippen LogP contribution in [0.15, 0.2) is 24.3 Å². The molecule has 1 atom stereocenters. The van der Waals surface area contributed by atoms with Gasteiger partial charge in [-0.2, -0.15) is 0 Å². The second kappa shape index (κ2) is 7.27. The van der Waals surface area contributed by atoms with Crippen LogP contribution in [0.5, 0.6) is 0 Å². The fraction of sp³-hybridized carbons (Fsp3) is 0.533. The van der Waals surface area contributed by atoms with Crippen LogP contribution in [0.1, 0.15) is 43.5 Å². The number of benzene rings is 1. The zero-order valence-electron chi connectivity index (χ0n) is 11.2. The van der Waals surface area contributed by atoms with Gasteiger partial charge in [-0.25, -0.2) is 4.39 Å². The molecule has 0 bridgehead atoms. The van der Waals surface area contributed by atoms with Gasteiger partial charge in [0.25, 0.3) is 0 Å². The summed E-state index contributed by atoms with van der Waals surface area (Å²) in [7, 11) is 0. The van der Waals surface area contributed by atoms with Gasteiger partial charge in [0.05, 0.1) is 0 Å². The Morgan fingerprint density at radius 3 is 2.33 bits per heavy atom. The van der Waals surface area contributed by atoms with Crippen LogP contribution in [0, 0.1) is 17.7 Å². The molecule has 0 amide bonds. The van der Waals surface area contributed by atoms with Gasteiger partial charge in [-0.1, -0.05) is 13.8 Å². The summed E-state index contributed by atoms with van der Waals surface area (Å²) in [6.45, 7) is 4.97. The minimum Gasteiger partial charge on any atom is -0.330 e. The zero-order valence-corrected chi connectivity index (χ0v) is 11.2. The van der Waals surface area contributed by atoms with Crippen molar-refractivity contribution in [2.24, 2.45) is 17.6 Å². The van der Waals surface area contributed by atoms with Gasteiger partial charge in [-0.15, -0.1) is 0 Å². The van der Waals surface area contributed by atoms with Crippen LogP contribution < -0.4 is 5.73 Å². The molecule has 3 heteroatoms. The van der Waals surface area contributed by atoms with Crippen molar-refractivity contribution < 1.29 is 9.18 Å². The monoisotopic (exact) mass is 251 g/mol. The summed E-state index contributed by atoms with van der Waals surface area (Å²) in [6, 6.07) is 5.75. The number of nitrogens with two attached hydrogens (primary N) is 1. The van der Waals surface area contributed by atoms with E-state index in [4.69, 9.17) is 5.73 Å². The molecule has 0 radical (unpaired) electrons. The highest BCUT2D eigenvalue weighted by Gasteiger charge is 2.15. The van der Waals surface area contributed by atoms with E-state index in [1.54, 1.807) is 12.1 Å². The van der Waals surface area contributed by atoms with Crippen LogP contribution in [-0.2, 0) is 0 Å². The van der Waals surface area contributed by atoms with E-state index >= 15 is 0 Å². The summed E-state index contributed by atoms with van der Waals surface area (Å²) in [5, 5.41) is 0. The Morgan fingerprint density at radius 2 is 1.83 bits per heavy atom. The van der Waals surface area contributed by atoms with Gasteiger partial charge >= 0.3 is 0 Å². The van der Waals surface area contributed by atoms with Crippen molar-refractivity contribution in [1.82, 2.24) is 0 Å². The standard InChI is InChI=1S/C15H22FNO/c1-11(2)12(9-10-17)5-8-15(18)13-3-6-14(16)7-4-13/h3-4,6-7,11-12H,5,8-10,17H2,1-2H3. The van der Waals surface area contributed by atoms with Crippen LogP contribution in [0.3, 0.4) is 0 Å². The van der Waals surface area contributed by atoms with E-state index in [1.165, 1.54) is 12.1 Å². The molecule has 0 aliphatic rings. The van der Waals surface area contributed by atoms with Crippen molar-refractivity contribution in [1.29, 1.82) is 0 Å². The zero-order chi connectivity index (χ0) is 13.5. The maximum absolute atomic E-state index is 12.7. The molecule has 100 valence electrons. The summed E-state index contributed by atoms with van der Waals surface area (Å²) >= 11 is 0. The van der Waals surface area contributed by atoms with Gasteiger partial charge in [0, 0.05) is 12.0 Å². The third-order valence-corrected chi connectivity index (χ3v) is 3.39. The normalized spacial score (nSPS) is 12.7. The maximum atomic E-state index is 12.7. The van der Waals surface area contributed by atoms with Crippen LogP contribution in [0.25, 0.3) is 0 Å². The first-order chi connectivity index (χ1) is 8.54. The molecule has 0 heterocycles. The van der Waals surface area contributed by atoms with Crippen molar-refractivity contribution in [3.05, 3.63) is 35.6 Å². The lowest BCUT2D eigenvalue weighted by Gasteiger charge is -2.19. The SMILES string of the molecule is CC(C)C(CCN)CCC(=O)c1ccc(F)cc1. The molecule has 0 aromatic heterocycles. The lowest BCUT2D eigenvalue weighted by atomic mass is 9.87. The molecule has 1 rings (SSSR count). The molecule has 0 spiro atoms. The minimum absolute atomic E-state index is 0.0812. The maximum Gasteiger partial charge on any atom is 0.162 e. The van der Waals surface area contributed by atoms with E-state index in [1.807, 2.05) is 0 Å². The Hall–Kier alpha value is -1.22. The van der Waals surface area contributed by atoms with E-state index in [9.17, 15) is 9.18 Å². The van der Waals surface area contributed by atoms with E-state index < -0.39 is 0 Å². The van der Waals surface area contributed by atoms with Crippen molar-refractivity contribution in [3.63, 3.8) is 0 Å². The topological polar surface area (TPSA) is 43.1 Å². The van der Waals surface area contributed by atoms with Gasteiger partial charge in [-0.3, -0.25) is 4.79 Å². The second-order valence-electron chi connectivity index (χ2n) is 5.05. The van der Waals surface area contributed by atoms with E-state index in [0.717, 1.165) is 12.8 Å². The molecular formula is C15H22FNO. The van der Waals surface area contributed by atoms with E-state index in [-0.39, 0.29) is 11.6 Å². The number of rotatable bonds is 7. The first kappa shape index (κ1) is 14.8. The predicted molar refractivity (Wildman–Crippen MR) is 72.0 cm³/mol.